The van der Waals surface area contributed by atoms with Crippen molar-refractivity contribution in [2.75, 3.05) is 19.6 Å². The van der Waals surface area contributed by atoms with Crippen LogP contribution in [0.1, 0.15) is 31.4 Å². The van der Waals surface area contributed by atoms with E-state index >= 15 is 0 Å². The van der Waals surface area contributed by atoms with Gasteiger partial charge in [-0.1, -0.05) is 6.07 Å². The van der Waals surface area contributed by atoms with Gasteiger partial charge in [0.15, 0.2) is 5.82 Å². The van der Waals surface area contributed by atoms with E-state index in [1.54, 1.807) is 41.6 Å². The molecule has 2 amide bonds. The number of carbonyl (C=O) groups excluding carboxylic acids is 2. The Bertz CT molecular complexity index is 1140. The zero-order valence-electron chi connectivity index (χ0n) is 18.2. The summed E-state index contributed by atoms with van der Waals surface area (Å²) in [7, 11) is 0. The number of nitrogens with zero attached hydrogens (tertiary/aromatic N) is 4. The zero-order valence-corrected chi connectivity index (χ0v) is 18.2. The Morgan fingerprint density at radius 3 is 2.85 bits per heavy atom. The van der Waals surface area contributed by atoms with Gasteiger partial charge in [0.25, 0.3) is 0 Å². The van der Waals surface area contributed by atoms with Crippen LogP contribution in [0.4, 0.5) is 4.39 Å². The zero-order chi connectivity index (χ0) is 23.2. The van der Waals surface area contributed by atoms with Crippen molar-refractivity contribution in [3.8, 4) is 23.0 Å². The lowest BCUT2D eigenvalue weighted by Crippen LogP contribution is -2.44. The van der Waals surface area contributed by atoms with Gasteiger partial charge in [0.05, 0.1) is 12.2 Å². The van der Waals surface area contributed by atoms with Crippen LogP contribution in [0.25, 0.3) is 11.4 Å². The van der Waals surface area contributed by atoms with E-state index in [-0.39, 0.29) is 30.2 Å². The molecule has 9 heteroatoms. The highest BCUT2D eigenvalue weighted by Crippen LogP contribution is 2.31. The number of halogens is 1. The van der Waals surface area contributed by atoms with Gasteiger partial charge in [-0.25, -0.2) is 9.37 Å². The third-order valence-electron chi connectivity index (χ3n) is 5.34. The molecule has 1 atom stereocenters. The molecule has 0 unspecified atom stereocenters. The minimum absolute atomic E-state index is 0.0271. The molecule has 3 aromatic rings. The van der Waals surface area contributed by atoms with Crippen molar-refractivity contribution in [2.24, 2.45) is 0 Å². The minimum Gasteiger partial charge on any atom is -0.439 e. The Hall–Kier alpha value is -3.88. The van der Waals surface area contributed by atoms with Crippen molar-refractivity contribution >= 4 is 11.8 Å². The molecule has 1 saturated heterocycles. The Morgan fingerprint density at radius 1 is 1.21 bits per heavy atom. The summed E-state index contributed by atoms with van der Waals surface area (Å²) in [6.07, 6.45) is 4.97. The van der Waals surface area contributed by atoms with Gasteiger partial charge in [-0.3, -0.25) is 14.6 Å². The van der Waals surface area contributed by atoms with Crippen LogP contribution < -0.4 is 10.1 Å². The average molecular weight is 449 g/mol. The lowest BCUT2D eigenvalue weighted by molar-refractivity contribution is -0.133. The first kappa shape index (κ1) is 22.3. The van der Waals surface area contributed by atoms with E-state index in [4.69, 9.17) is 9.72 Å². The highest BCUT2D eigenvalue weighted by atomic mass is 19.1. The molecule has 8 nitrogen and oxygen atoms in total. The molecule has 0 bridgehead atoms. The fourth-order valence-corrected chi connectivity index (χ4v) is 3.74. The third-order valence-corrected chi connectivity index (χ3v) is 5.34. The molecule has 0 spiro atoms. The molecule has 1 N–H and O–H groups in total. The van der Waals surface area contributed by atoms with Crippen molar-refractivity contribution in [3.63, 3.8) is 0 Å². The smallest absolute Gasteiger partial charge is 0.241 e. The maximum absolute atomic E-state index is 13.6. The van der Waals surface area contributed by atoms with E-state index < -0.39 is 5.82 Å². The van der Waals surface area contributed by atoms with Gasteiger partial charge in [0, 0.05) is 56.0 Å². The first-order chi connectivity index (χ1) is 16.0. The quantitative estimate of drug-likeness (QED) is 0.620. The van der Waals surface area contributed by atoms with Gasteiger partial charge in [-0.15, -0.1) is 0 Å². The molecule has 0 radical (unpaired) electrons. The van der Waals surface area contributed by atoms with Gasteiger partial charge in [-0.2, -0.15) is 4.98 Å². The number of amides is 2. The van der Waals surface area contributed by atoms with Gasteiger partial charge >= 0.3 is 0 Å². The number of benzene rings is 1. The highest BCUT2D eigenvalue weighted by Gasteiger charge is 2.27. The number of hydrogen-bond acceptors (Lipinski definition) is 6. The van der Waals surface area contributed by atoms with Gasteiger partial charge in [0.1, 0.15) is 11.6 Å². The van der Waals surface area contributed by atoms with Crippen LogP contribution in [0.15, 0.2) is 54.9 Å². The molecule has 0 aliphatic carbocycles. The van der Waals surface area contributed by atoms with Crippen LogP contribution in [0.3, 0.4) is 0 Å². The molecule has 1 fully saturated rings. The summed E-state index contributed by atoms with van der Waals surface area (Å²) in [5, 5.41) is 2.56. The largest absolute Gasteiger partial charge is 0.439 e. The summed E-state index contributed by atoms with van der Waals surface area (Å²) < 4.78 is 19.5. The Kier molecular flexibility index (Phi) is 6.87. The predicted molar refractivity (Wildman–Crippen MR) is 119 cm³/mol. The number of hydrogen-bond donors (Lipinski definition) is 1. The molecule has 0 saturated carbocycles. The Morgan fingerprint density at radius 2 is 2.09 bits per heavy atom. The molecule has 1 aliphatic heterocycles. The number of aromatic nitrogens is 3. The van der Waals surface area contributed by atoms with Crippen molar-refractivity contribution in [3.05, 3.63) is 66.4 Å². The number of ether oxygens (including phenoxy) is 1. The van der Waals surface area contributed by atoms with Crippen LogP contribution in [-0.4, -0.2) is 51.3 Å². The molecule has 2 aromatic heterocycles. The van der Waals surface area contributed by atoms with E-state index in [2.05, 4.69) is 15.3 Å². The summed E-state index contributed by atoms with van der Waals surface area (Å²) in [5.74, 6) is 0.233. The van der Waals surface area contributed by atoms with Crippen molar-refractivity contribution in [2.45, 2.75) is 25.7 Å². The number of carbonyl (C=O) groups is 2. The van der Waals surface area contributed by atoms with Crippen molar-refractivity contribution in [1.29, 1.82) is 0 Å². The van der Waals surface area contributed by atoms with E-state index in [0.717, 1.165) is 24.1 Å². The number of rotatable bonds is 6. The predicted octanol–water partition coefficient (Wildman–Crippen LogP) is 3.31. The van der Waals surface area contributed by atoms with E-state index in [0.29, 0.717) is 24.7 Å². The summed E-state index contributed by atoms with van der Waals surface area (Å²) in [6.45, 7) is 2.46. The molecule has 1 aromatic carbocycles. The maximum atomic E-state index is 13.6. The Labute approximate surface area is 190 Å². The second kappa shape index (κ2) is 10.2. The topological polar surface area (TPSA) is 97.3 Å². The standard InChI is InChI=1S/C24H24FN5O3/c1-16(31)27-14-23(32)30-10-4-6-18(15-30)21-12-22(33-20-8-2-7-19(25)11-20)29-24(28-21)17-5-3-9-26-13-17/h2-3,5,7-9,11-13,18H,4,6,10,14-15H2,1H3,(H,27,31)/t18-/m0/s1. The fourth-order valence-electron chi connectivity index (χ4n) is 3.74. The number of pyridine rings is 1. The highest BCUT2D eigenvalue weighted by molar-refractivity contribution is 5.83. The first-order valence-corrected chi connectivity index (χ1v) is 10.7. The van der Waals surface area contributed by atoms with Crippen LogP contribution >= 0.6 is 0 Å². The summed E-state index contributed by atoms with van der Waals surface area (Å²) in [4.78, 5) is 38.8. The lowest BCUT2D eigenvalue weighted by Gasteiger charge is -2.32. The van der Waals surface area contributed by atoms with Crippen LogP contribution in [0, 0.1) is 5.82 Å². The monoisotopic (exact) mass is 449 g/mol. The van der Waals surface area contributed by atoms with E-state index in [1.165, 1.54) is 19.1 Å². The third kappa shape index (κ3) is 5.88. The number of likely N-dealkylation sites (tertiary alicyclic amines) is 1. The van der Waals surface area contributed by atoms with Crippen LogP contribution in [0.2, 0.25) is 0 Å². The fraction of sp³-hybridized carbons (Fsp3) is 0.292. The molecule has 33 heavy (non-hydrogen) atoms. The normalized spacial score (nSPS) is 15.7. The number of piperidine rings is 1. The van der Waals surface area contributed by atoms with Crippen LogP contribution in [-0.2, 0) is 9.59 Å². The number of nitrogens with one attached hydrogen (secondary N) is 1. The first-order valence-electron chi connectivity index (χ1n) is 10.7. The van der Waals surface area contributed by atoms with Crippen molar-refractivity contribution in [1.82, 2.24) is 25.2 Å². The van der Waals surface area contributed by atoms with Gasteiger partial charge in [0.2, 0.25) is 17.7 Å². The minimum atomic E-state index is -0.408. The molecular formula is C24H24FN5O3. The maximum Gasteiger partial charge on any atom is 0.241 e. The average Bonchev–Trinajstić information content (AvgIpc) is 2.83. The molecule has 170 valence electrons. The van der Waals surface area contributed by atoms with Crippen LogP contribution in [0.5, 0.6) is 11.6 Å². The van der Waals surface area contributed by atoms with E-state index in [9.17, 15) is 14.0 Å². The van der Waals surface area contributed by atoms with Gasteiger partial charge in [-0.05, 0) is 37.1 Å². The van der Waals surface area contributed by atoms with Gasteiger partial charge < -0.3 is 15.0 Å². The Balaban J connectivity index is 1.62. The molecular weight excluding hydrogens is 425 g/mol. The molecule has 1 aliphatic rings. The van der Waals surface area contributed by atoms with Crippen molar-refractivity contribution < 1.29 is 18.7 Å². The second-order valence-electron chi connectivity index (χ2n) is 7.84. The lowest BCUT2D eigenvalue weighted by atomic mass is 9.94. The summed E-state index contributed by atoms with van der Waals surface area (Å²) in [6, 6.07) is 11.2. The SMILES string of the molecule is CC(=O)NCC(=O)N1CCC[C@H](c2cc(Oc3cccc(F)c3)nc(-c3cccnc3)n2)C1. The molecule has 3 heterocycles. The van der Waals surface area contributed by atoms with E-state index in [1.807, 2.05) is 6.07 Å². The summed E-state index contributed by atoms with van der Waals surface area (Å²) in [5.41, 5.74) is 1.45. The second-order valence-corrected chi connectivity index (χ2v) is 7.84. The molecule has 4 rings (SSSR count). The summed E-state index contributed by atoms with van der Waals surface area (Å²) >= 11 is 0.